The lowest BCUT2D eigenvalue weighted by Gasteiger charge is -2.19. The van der Waals surface area contributed by atoms with E-state index < -0.39 is 0 Å². The zero-order valence-electron chi connectivity index (χ0n) is 11.5. The van der Waals surface area contributed by atoms with E-state index in [0.717, 1.165) is 25.4 Å². The van der Waals surface area contributed by atoms with Gasteiger partial charge >= 0.3 is 0 Å². The maximum Gasteiger partial charge on any atom is 0.0571 e. The summed E-state index contributed by atoms with van der Waals surface area (Å²) in [6.45, 7) is 5.17. The highest BCUT2D eigenvalue weighted by atomic mass is 16.5. The summed E-state index contributed by atoms with van der Waals surface area (Å²) in [5.41, 5.74) is 2.31. The molecule has 0 radical (unpaired) electrons. The molecule has 2 atom stereocenters. The van der Waals surface area contributed by atoms with Gasteiger partial charge in [0.15, 0.2) is 0 Å². The third kappa shape index (κ3) is 3.00. The summed E-state index contributed by atoms with van der Waals surface area (Å²) in [7, 11) is 3.73. The van der Waals surface area contributed by atoms with Gasteiger partial charge in [0, 0.05) is 32.2 Å². The maximum atomic E-state index is 5.22. The maximum absolute atomic E-state index is 5.22. The summed E-state index contributed by atoms with van der Waals surface area (Å²) < 4.78 is 5.22. The minimum Gasteiger partial charge on any atom is -0.384 e. The molecule has 1 saturated heterocycles. The molecule has 18 heavy (non-hydrogen) atoms. The van der Waals surface area contributed by atoms with E-state index in [4.69, 9.17) is 4.74 Å². The van der Waals surface area contributed by atoms with E-state index >= 15 is 0 Å². The van der Waals surface area contributed by atoms with Gasteiger partial charge in [-0.3, -0.25) is 4.98 Å². The van der Waals surface area contributed by atoms with Gasteiger partial charge in [-0.1, -0.05) is 0 Å². The monoisotopic (exact) mass is 249 g/mol. The lowest BCUT2D eigenvalue weighted by Crippen LogP contribution is -2.21. The van der Waals surface area contributed by atoms with Crippen molar-refractivity contribution in [2.24, 2.45) is 5.92 Å². The van der Waals surface area contributed by atoms with Crippen LogP contribution in [0.5, 0.6) is 0 Å². The Bertz CT molecular complexity index is 366. The molecule has 0 bridgehead atoms. The van der Waals surface area contributed by atoms with Gasteiger partial charge in [-0.05, 0) is 32.5 Å². The highest BCUT2D eigenvalue weighted by molar-refractivity contribution is 5.45. The van der Waals surface area contributed by atoms with E-state index in [9.17, 15) is 0 Å². The van der Waals surface area contributed by atoms with Gasteiger partial charge in [0.2, 0.25) is 0 Å². The normalized spacial score (nSPS) is 21.3. The first-order valence-electron chi connectivity index (χ1n) is 6.61. The van der Waals surface area contributed by atoms with Gasteiger partial charge in [-0.15, -0.1) is 0 Å². The molecule has 0 aliphatic carbocycles. The molecule has 1 aromatic rings. The molecular weight excluding hydrogens is 226 g/mol. The summed E-state index contributed by atoms with van der Waals surface area (Å²) in [6, 6.07) is 4.59. The van der Waals surface area contributed by atoms with Crippen molar-refractivity contribution in [1.29, 1.82) is 0 Å². The SMILES string of the molecule is CNC(C)c1ccc(N2CCC(COC)C2)cn1. The Morgan fingerprint density at radius 3 is 3.00 bits per heavy atom. The molecular formula is C14H23N3O. The molecule has 0 amide bonds. The average molecular weight is 249 g/mol. The van der Waals surface area contributed by atoms with Gasteiger partial charge in [-0.2, -0.15) is 0 Å². The second kappa shape index (κ2) is 6.16. The van der Waals surface area contributed by atoms with Crippen LogP contribution in [0.1, 0.15) is 25.1 Å². The number of nitrogens with one attached hydrogen (secondary N) is 1. The number of hydrogen-bond donors (Lipinski definition) is 1. The lowest BCUT2D eigenvalue weighted by atomic mass is 10.1. The van der Waals surface area contributed by atoms with E-state index in [0.29, 0.717) is 12.0 Å². The Morgan fingerprint density at radius 2 is 2.39 bits per heavy atom. The quantitative estimate of drug-likeness (QED) is 0.864. The largest absolute Gasteiger partial charge is 0.384 e. The standard InChI is InChI=1S/C14H23N3O/c1-11(15-2)14-5-4-13(8-16-14)17-7-6-12(9-17)10-18-3/h4-5,8,11-12,15H,6-7,9-10H2,1-3H3. The van der Waals surface area contributed by atoms with Crippen molar-refractivity contribution in [3.8, 4) is 0 Å². The third-order valence-corrected chi connectivity index (χ3v) is 3.70. The molecule has 1 N–H and O–H groups in total. The Hall–Kier alpha value is -1.13. The topological polar surface area (TPSA) is 37.4 Å². The molecule has 0 aromatic carbocycles. The predicted molar refractivity (Wildman–Crippen MR) is 73.9 cm³/mol. The minimum absolute atomic E-state index is 0.305. The first kappa shape index (κ1) is 13.3. The van der Waals surface area contributed by atoms with Crippen molar-refractivity contribution in [3.63, 3.8) is 0 Å². The number of aromatic nitrogens is 1. The van der Waals surface area contributed by atoms with Crippen LogP contribution in [0, 0.1) is 5.92 Å². The van der Waals surface area contributed by atoms with Gasteiger partial charge in [0.1, 0.15) is 0 Å². The molecule has 4 heteroatoms. The summed E-state index contributed by atoms with van der Waals surface area (Å²) in [4.78, 5) is 6.92. The Labute approximate surface area is 109 Å². The number of methoxy groups -OCH3 is 1. The smallest absolute Gasteiger partial charge is 0.0571 e. The van der Waals surface area contributed by atoms with Crippen molar-refractivity contribution in [1.82, 2.24) is 10.3 Å². The van der Waals surface area contributed by atoms with Crippen LogP contribution in [0.4, 0.5) is 5.69 Å². The molecule has 100 valence electrons. The summed E-state index contributed by atoms with van der Waals surface area (Å²) in [5, 5.41) is 3.20. The van der Waals surface area contributed by atoms with Gasteiger partial charge in [0.25, 0.3) is 0 Å². The number of pyridine rings is 1. The van der Waals surface area contributed by atoms with Gasteiger partial charge in [-0.25, -0.2) is 0 Å². The van der Waals surface area contributed by atoms with Crippen molar-refractivity contribution >= 4 is 5.69 Å². The van der Waals surface area contributed by atoms with Crippen molar-refractivity contribution in [2.45, 2.75) is 19.4 Å². The average Bonchev–Trinajstić information content (AvgIpc) is 2.87. The van der Waals surface area contributed by atoms with Crippen LogP contribution in [0.25, 0.3) is 0 Å². The zero-order valence-corrected chi connectivity index (χ0v) is 11.5. The third-order valence-electron chi connectivity index (χ3n) is 3.70. The minimum atomic E-state index is 0.305. The molecule has 1 aromatic heterocycles. The fourth-order valence-electron chi connectivity index (χ4n) is 2.43. The van der Waals surface area contributed by atoms with Gasteiger partial charge < -0.3 is 15.0 Å². The zero-order chi connectivity index (χ0) is 13.0. The first-order chi connectivity index (χ1) is 8.74. The van der Waals surface area contributed by atoms with E-state index in [1.807, 2.05) is 13.2 Å². The summed E-state index contributed by atoms with van der Waals surface area (Å²) in [5.74, 6) is 0.658. The van der Waals surface area contributed by atoms with Crippen molar-refractivity contribution in [2.75, 3.05) is 38.8 Å². The second-order valence-corrected chi connectivity index (χ2v) is 5.01. The molecule has 2 heterocycles. The fraction of sp³-hybridized carbons (Fsp3) is 0.643. The Balaban J connectivity index is 1.98. The van der Waals surface area contributed by atoms with Crippen LogP contribution in [0.3, 0.4) is 0 Å². The number of ether oxygens (including phenoxy) is 1. The van der Waals surface area contributed by atoms with Crippen LogP contribution < -0.4 is 10.2 Å². The number of hydrogen-bond acceptors (Lipinski definition) is 4. The van der Waals surface area contributed by atoms with Crippen molar-refractivity contribution in [3.05, 3.63) is 24.0 Å². The molecule has 2 unspecified atom stereocenters. The first-order valence-corrected chi connectivity index (χ1v) is 6.61. The Morgan fingerprint density at radius 1 is 1.56 bits per heavy atom. The fourth-order valence-corrected chi connectivity index (χ4v) is 2.43. The second-order valence-electron chi connectivity index (χ2n) is 5.01. The van der Waals surface area contributed by atoms with Crippen molar-refractivity contribution < 1.29 is 4.74 Å². The summed E-state index contributed by atoms with van der Waals surface area (Å²) in [6.07, 6.45) is 3.20. The molecule has 1 fully saturated rings. The molecule has 1 aliphatic heterocycles. The highest BCUT2D eigenvalue weighted by Crippen LogP contribution is 2.24. The number of nitrogens with zero attached hydrogens (tertiary/aromatic N) is 2. The number of anilines is 1. The molecule has 0 saturated carbocycles. The highest BCUT2D eigenvalue weighted by Gasteiger charge is 2.22. The van der Waals surface area contributed by atoms with E-state index in [-0.39, 0.29) is 0 Å². The van der Waals surface area contributed by atoms with E-state index in [2.05, 4.69) is 34.3 Å². The molecule has 2 rings (SSSR count). The molecule has 1 aliphatic rings. The van der Waals surface area contributed by atoms with E-state index in [1.54, 1.807) is 7.11 Å². The Kier molecular flexibility index (Phi) is 4.55. The molecule has 4 nitrogen and oxygen atoms in total. The van der Waals surface area contributed by atoms with Crippen LogP contribution in [0.15, 0.2) is 18.3 Å². The lowest BCUT2D eigenvalue weighted by molar-refractivity contribution is 0.161. The van der Waals surface area contributed by atoms with E-state index in [1.165, 1.54) is 12.1 Å². The van der Waals surface area contributed by atoms with Crippen LogP contribution >= 0.6 is 0 Å². The summed E-state index contributed by atoms with van der Waals surface area (Å²) >= 11 is 0. The van der Waals surface area contributed by atoms with Crippen LogP contribution in [0.2, 0.25) is 0 Å². The van der Waals surface area contributed by atoms with Crippen LogP contribution in [-0.2, 0) is 4.74 Å². The number of rotatable bonds is 5. The van der Waals surface area contributed by atoms with Crippen LogP contribution in [-0.4, -0.2) is 38.8 Å². The predicted octanol–water partition coefficient (Wildman–Crippen LogP) is 1.83. The van der Waals surface area contributed by atoms with Gasteiger partial charge in [0.05, 0.1) is 24.2 Å². The molecule has 0 spiro atoms.